The van der Waals surface area contributed by atoms with Gasteiger partial charge in [0.1, 0.15) is 11.5 Å². The zero-order valence-corrected chi connectivity index (χ0v) is 13.9. The van der Waals surface area contributed by atoms with E-state index in [0.717, 1.165) is 50.2 Å². The molecule has 1 saturated carbocycles. The number of fused-ring (bicyclic) bond motifs is 3. The highest BCUT2D eigenvalue weighted by atomic mass is 16.5. The Labute approximate surface area is 143 Å². The van der Waals surface area contributed by atoms with Crippen LogP contribution >= 0.6 is 0 Å². The van der Waals surface area contributed by atoms with Crippen LogP contribution in [0.1, 0.15) is 37.7 Å². The van der Waals surface area contributed by atoms with Crippen LogP contribution in [0.3, 0.4) is 0 Å². The highest BCUT2D eigenvalue weighted by Gasteiger charge is 2.50. The van der Waals surface area contributed by atoms with E-state index >= 15 is 0 Å². The fraction of sp³-hybridized carbons (Fsp3) is 0.429. The van der Waals surface area contributed by atoms with Gasteiger partial charge in [0.2, 0.25) is 0 Å². The Morgan fingerprint density at radius 3 is 2.33 bits per heavy atom. The van der Waals surface area contributed by atoms with Gasteiger partial charge in [-0.3, -0.25) is 0 Å². The second-order valence-corrected chi connectivity index (χ2v) is 7.17. The molecule has 0 atom stereocenters. The summed E-state index contributed by atoms with van der Waals surface area (Å²) in [7, 11) is 0. The maximum Gasteiger partial charge on any atom is 0.127 e. The van der Waals surface area contributed by atoms with Gasteiger partial charge in [0.15, 0.2) is 0 Å². The topological polar surface area (TPSA) is 38.7 Å². The van der Waals surface area contributed by atoms with E-state index in [1.165, 1.54) is 5.56 Å². The molecule has 5 rings (SSSR count). The highest BCUT2D eigenvalue weighted by molar-refractivity contribution is 5.38. The number of aliphatic hydroxyl groups is 1. The predicted octanol–water partition coefficient (Wildman–Crippen LogP) is 4.44. The molecule has 2 heterocycles. The molecule has 2 saturated heterocycles. The van der Waals surface area contributed by atoms with Crippen molar-refractivity contribution >= 4 is 0 Å². The molecule has 2 aromatic carbocycles. The van der Waals surface area contributed by atoms with Gasteiger partial charge in [-0.25, -0.2) is 0 Å². The van der Waals surface area contributed by atoms with E-state index in [1.54, 1.807) is 0 Å². The number of para-hydroxylation sites is 1. The van der Waals surface area contributed by atoms with Crippen molar-refractivity contribution in [3.63, 3.8) is 0 Å². The number of hydrogen-bond donors (Lipinski definition) is 1. The molecule has 2 bridgehead atoms. The third kappa shape index (κ3) is 2.83. The minimum Gasteiger partial charge on any atom is -0.457 e. The van der Waals surface area contributed by atoms with Crippen LogP contribution in [-0.2, 0) is 10.2 Å². The molecule has 3 fully saturated rings. The summed E-state index contributed by atoms with van der Waals surface area (Å²) in [5.74, 6) is 1.74. The van der Waals surface area contributed by atoms with E-state index < -0.39 is 0 Å². The predicted molar refractivity (Wildman–Crippen MR) is 93.5 cm³/mol. The Morgan fingerprint density at radius 1 is 0.917 bits per heavy atom. The van der Waals surface area contributed by atoms with Crippen LogP contribution in [0.25, 0.3) is 0 Å². The summed E-state index contributed by atoms with van der Waals surface area (Å²) in [4.78, 5) is 0. The van der Waals surface area contributed by atoms with Gasteiger partial charge in [-0.15, -0.1) is 0 Å². The maximum absolute atomic E-state index is 9.29. The fourth-order valence-electron chi connectivity index (χ4n) is 4.18. The van der Waals surface area contributed by atoms with Crippen LogP contribution < -0.4 is 4.74 Å². The molecule has 3 heteroatoms. The zero-order valence-electron chi connectivity index (χ0n) is 13.9. The summed E-state index contributed by atoms with van der Waals surface area (Å²) >= 11 is 0. The van der Waals surface area contributed by atoms with Crippen LogP contribution in [0.5, 0.6) is 11.5 Å². The van der Waals surface area contributed by atoms with Crippen molar-refractivity contribution in [2.24, 2.45) is 0 Å². The van der Waals surface area contributed by atoms with Gasteiger partial charge in [-0.05, 0) is 61.9 Å². The molecule has 24 heavy (non-hydrogen) atoms. The van der Waals surface area contributed by atoms with Gasteiger partial charge in [0, 0.05) is 12.0 Å². The Balaban J connectivity index is 1.54. The molecule has 2 aliphatic heterocycles. The first kappa shape index (κ1) is 15.7. The third-order valence-electron chi connectivity index (χ3n) is 5.77. The normalized spacial score (nSPS) is 28.7. The highest BCUT2D eigenvalue weighted by Crippen LogP contribution is 2.51. The number of hydrogen-bond acceptors (Lipinski definition) is 3. The Kier molecular flexibility index (Phi) is 4.07. The zero-order chi connectivity index (χ0) is 16.5. The lowest BCUT2D eigenvalue weighted by molar-refractivity contribution is -0.164. The molecule has 126 valence electrons. The molecule has 1 aliphatic carbocycles. The first-order chi connectivity index (χ1) is 11.7. The van der Waals surface area contributed by atoms with Crippen LogP contribution in [0, 0.1) is 0 Å². The molecule has 0 unspecified atom stereocenters. The van der Waals surface area contributed by atoms with Crippen molar-refractivity contribution in [2.75, 3.05) is 13.2 Å². The van der Waals surface area contributed by atoms with Crippen molar-refractivity contribution in [1.29, 1.82) is 0 Å². The molecular formula is C21H24O3. The molecule has 0 amide bonds. The van der Waals surface area contributed by atoms with Crippen molar-refractivity contribution < 1.29 is 14.6 Å². The summed E-state index contributed by atoms with van der Waals surface area (Å²) in [6.45, 7) is 0.967. The van der Waals surface area contributed by atoms with E-state index in [2.05, 4.69) is 18.2 Å². The minimum atomic E-state index is -0.0748. The third-order valence-corrected chi connectivity index (χ3v) is 5.77. The monoisotopic (exact) mass is 324 g/mol. The second kappa shape index (κ2) is 6.23. The molecule has 0 spiro atoms. The number of rotatable bonds is 5. The molecule has 3 aliphatic rings. The van der Waals surface area contributed by atoms with Crippen molar-refractivity contribution in [1.82, 2.24) is 0 Å². The Hall–Kier alpha value is -1.84. The van der Waals surface area contributed by atoms with Crippen molar-refractivity contribution in [3.8, 4) is 11.5 Å². The molecule has 3 nitrogen and oxygen atoms in total. The average molecular weight is 324 g/mol. The number of aliphatic hydroxyl groups excluding tert-OH is 1. The Bertz CT molecular complexity index is 671. The van der Waals surface area contributed by atoms with Gasteiger partial charge >= 0.3 is 0 Å². The van der Waals surface area contributed by atoms with Crippen molar-refractivity contribution in [3.05, 3.63) is 60.2 Å². The van der Waals surface area contributed by atoms with Gasteiger partial charge in [0.05, 0.1) is 12.2 Å². The van der Waals surface area contributed by atoms with Gasteiger partial charge in [-0.2, -0.15) is 0 Å². The van der Waals surface area contributed by atoms with Crippen LogP contribution in [0.2, 0.25) is 0 Å². The van der Waals surface area contributed by atoms with Crippen LogP contribution in [0.4, 0.5) is 0 Å². The summed E-state index contributed by atoms with van der Waals surface area (Å²) < 4.78 is 12.2. The SMILES string of the molecule is OCCC12CCC(c3cccc(Oc4ccccc4)c3)(CC1)CO2. The standard InChI is InChI=1S/C21H24O3/c22-14-13-21-11-9-20(10-12-21,16-23-21)17-5-4-8-19(15-17)24-18-6-2-1-3-7-18/h1-8,15,22H,9-14,16H2. The summed E-state index contributed by atoms with van der Waals surface area (Å²) in [5, 5.41) is 9.29. The molecule has 2 aromatic rings. The van der Waals surface area contributed by atoms with Gasteiger partial charge < -0.3 is 14.6 Å². The largest absolute Gasteiger partial charge is 0.457 e. The lowest BCUT2D eigenvalue weighted by Gasteiger charge is -2.53. The fourth-order valence-corrected chi connectivity index (χ4v) is 4.18. The smallest absolute Gasteiger partial charge is 0.127 e. The Morgan fingerprint density at radius 2 is 1.67 bits per heavy atom. The lowest BCUT2D eigenvalue weighted by atomic mass is 9.62. The van der Waals surface area contributed by atoms with E-state index in [4.69, 9.17) is 9.47 Å². The van der Waals surface area contributed by atoms with E-state index in [1.807, 2.05) is 36.4 Å². The minimum absolute atomic E-state index is 0.0748. The first-order valence-corrected chi connectivity index (χ1v) is 8.82. The molecular weight excluding hydrogens is 300 g/mol. The second-order valence-electron chi connectivity index (χ2n) is 7.17. The van der Waals surface area contributed by atoms with Crippen LogP contribution in [0.15, 0.2) is 54.6 Å². The quantitative estimate of drug-likeness (QED) is 0.883. The van der Waals surface area contributed by atoms with Crippen LogP contribution in [-0.4, -0.2) is 23.9 Å². The number of benzene rings is 2. The van der Waals surface area contributed by atoms with Gasteiger partial charge in [0.25, 0.3) is 0 Å². The summed E-state index contributed by atoms with van der Waals surface area (Å²) in [6, 6.07) is 18.3. The summed E-state index contributed by atoms with van der Waals surface area (Å²) in [5.41, 5.74) is 1.34. The van der Waals surface area contributed by atoms with Gasteiger partial charge in [-0.1, -0.05) is 30.3 Å². The molecule has 0 radical (unpaired) electrons. The molecule has 1 N–H and O–H groups in total. The molecule has 0 aromatic heterocycles. The van der Waals surface area contributed by atoms with E-state index in [0.29, 0.717) is 0 Å². The van der Waals surface area contributed by atoms with Crippen molar-refractivity contribution in [2.45, 2.75) is 43.1 Å². The van der Waals surface area contributed by atoms with E-state index in [-0.39, 0.29) is 17.6 Å². The summed E-state index contributed by atoms with van der Waals surface area (Å²) in [6.07, 6.45) is 5.10. The average Bonchev–Trinajstić information content (AvgIpc) is 2.64. The lowest BCUT2D eigenvalue weighted by Crippen LogP contribution is -2.53. The maximum atomic E-state index is 9.29. The number of ether oxygens (including phenoxy) is 2. The first-order valence-electron chi connectivity index (χ1n) is 8.82. The van der Waals surface area contributed by atoms with E-state index in [9.17, 15) is 5.11 Å².